The van der Waals surface area contributed by atoms with Crippen LogP contribution in [0.25, 0.3) is 5.57 Å². The van der Waals surface area contributed by atoms with Gasteiger partial charge in [0.05, 0.1) is 38.0 Å². The number of methoxy groups -OCH3 is 2. The van der Waals surface area contributed by atoms with Crippen LogP contribution in [0.2, 0.25) is 0 Å². The van der Waals surface area contributed by atoms with Crippen LogP contribution in [0.4, 0.5) is 5.69 Å². The van der Waals surface area contributed by atoms with Crippen molar-refractivity contribution in [2.45, 2.75) is 32.2 Å². The highest BCUT2D eigenvalue weighted by atomic mass is 16.5. The summed E-state index contributed by atoms with van der Waals surface area (Å²) in [5.74, 6) is 2.59. The van der Waals surface area contributed by atoms with E-state index >= 15 is 0 Å². The predicted molar refractivity (Wildman–Crippen MR) is 133 cm³/mol. The summed E-state index contributed by atoms with van der Waals surface area (Å²) in [4.78, 5) is 9.81. The molecule has 1 aromatic carbocycles. The molecule has 0 saturated carbocycles. The molecule has 1 fully saturated rings. The summed E-state index contributed by atoms with van der Waals surface area (Å²) in [6, 6.07) is 13.0. The first-order valence-corrected chi connectivity index (χ1v) is 11.8. The minimum atomic E-state index is 0.376. The molecule has 2 heterocycles. The zero-order valence-electron chi connectivity index (χ0n) is 20.2. The van der Waals surface area contributed by atoms with Crippen molar-refractivity contribution in [2.75, 3.05) is 52.4 Å². The van der Waals surface area contributed by atoms with E-state index in [2.05, 4.69) is 59.3 Å². The Kier molecular flexibility index (Phi) is 7.55. The van der Waals surface area contributed by atoms with Crippen molar-refractivity contribution in [3.63, 3.8) is 0 Å². The van der Waals surface area contributed by atoms with Gasteiger partial charge in [0.15, 0.2) is 0 Å². The summed E-state index contributed by atoms with van der Waals surface area (Å²) in [6.07, 6.45) is 7.11. The maximum atomic E-state index is 5.70. The number of aromatic nitrogens is 1. The number of benzene rings is 1. The average molecular weight is 450 g/mol. The van der Waals surface area contributed by atoms with Gasteiger partial charge >= 0.3 is 0 Å². The SMILES string of the molecule is CCOC1=CC=C(c2nc(OC)ccc2N2CCC(c3ccc(OC)cc3)N(C)CC2)CC1. The Morgan fingerprint density at radius 2 is 1.76 bits per heavy atom. The third-order valence-corrected chi connectivity index (χ3v) is 6.57. The van der Waals surface area contributed by atoms with Gasteiger partial charge in [-0.3, -0.25) is 4.90 Å². The smallest absolute Gasteiger partial charge is 0.213 e. The van der Waals surface area contributed by atoms with Crippen LogP contribution in [-0.2, 0) is 4.74 Å². The molecule has 176 valence electrons. The van der Waals surface area contributed by atoms with Gasteiger partial charge in [0.25, 0.3) is 0 Å². The molecule has 1 unspecified atom stereocenters. The minimum Gasteiger partial charge on any atom is -0.498 e. The second-order valence-corrected chi connectivity index (χ2v) is 8.52. The second kappa shape index (κ2) is 10.8. The van der Waals surface area contributed by atoms with E-state index in [0.717, 1.165) is 56.1 Å². The Hall–Kier alpha value is -2.99. The lowest BCUT2D eigenvalue weighted by molar-refractivity contribution is 0.218. The van der Waals surface area contributed by atoms with Crippen LogP contribution in [0.1, 0.15) is 43.5 Å². The van der Waals surface area contributed by atoms with Gasteiger partial charge in [-0.15, -0.1) is 0 Å². The van der Waals surface area contributed by atoms with Gasteiger partial charge in [-0.25, -0.2) is 4.98 Å². The van der Waals surface area contributed by atoms with E-state index in [4.69, 9.17) is 19.2 Å². The van der Waals surface area contributed by atoms with Gasteiger partial charge in [0.2, 0.25) is 5.88 Å². The monoisotopic (exact) mass is 449 g/mol. The minimum absolute atomic E-state index is 0.376. The summed E-state index contributed by atoms with van der Waals surface area (Å²) in [7, 11) is 5.60. The third kappa shape index (κ3) is 5.33. The van der Waals surface area contributed by atoms with E-state index in [-0.39, 0.29) is 0 Å². The van der Waals surface area contributed by atoms with Gasteiger partial charge in [0, 0.05) is 38.2 Å². The topological polar surface area (TPSA) is 47.1 Å². The van der Waals surface area contributed by atoms with Crippen LogP contribution in [-0.4, -0.2) is 57.4 Å². The van der Waals surface area contributed by atoms with Crippen molar-refractivity contribution in [3.05, 3.63) is 65.6 Å². The summed E-state index contributed by atoms with van der Waals surface area (Å²) in [6.45, 7) is 5.63. The van der Waals surface area contributed by atoms with Crippen molar-refractivity contribution in [1.82, 2.24) is 9.88 Å². The molecule has 2 aromatic rings. The first kappa shape index (κ1) is 23.2. The molecule has 1 saturated heterocycles. The van der Waals surface area contributed by atoms with Crippen molar-refractivity contribution >= 4 is 11.3 Å². The van der Waals surface area contributed by atoms with E-state index in [0.29, 0.717) is 18.5 Å². The molecule has 0 spiro atoms. The normalized spacial score (nSPS) is 19.4. The van der Waals surface area contributed by atoms with Crippen LogP contribution >= 0.6 is 0 Å². The molecule has 0 bridgehead atoms. The van der Waals surface area contributed by atoms with Gasteiger partial charge in [-0.2, -0.15) is 0 Å². The fourth-order valence-corrected chi connectivity index (χ4v) is 4.69. The molecule has 6 nitrogen and oxygen atoms in total. The molecule has 4 rings (SSSR count). The number of nitrogens with zero attached hydrogens (tertiary/aromatic N) is 3. The fraction of sp³-hybridized carbons (Fsp3) is 0.444. The lowest BCUT2D eigenvalue weighted by atomic mass is 9.98. The predicted octanol–water partition coefficient (Wildman–Crippen LogP) is 5.08. The first-order chi connectivity index (χ1) is 16.1. The summed E-state index contributed by atoms with van der Waals surface area (Å²) in [5, 5.41) is 0. The molecule has 1 aliphatic heterocycles. The van der Waals surface area contributed by atoms with Gasteiger partial charge < -0.3 is 19.1 Å². The molecule has 0 radical (unpaired) electrons. The van der Waals surface area contributed by atoms with Crippen molar-refractivity contribution in [1.29, 1.82) is 0 Å². The van der Waals surface area contributed by atoms with Gasteiger partial charge in [-0.1, -0.05) is 18.2 Å². The number of hydrogen-bond donors (Lipinski definition) is 0. The number of pyridine rings is 1. The quantitative estimate of drug-likeness (QED) is 0.588. The zero-order valence-corrected chi connectivity index (χ0v) is 20.2. The van der Waals surface area contributed by atoms with Crippen LogP contribution in [0.5, 0.6) is 11.6 Å². The Morgan fingerprint density at radius 3 is 2.42 bits per heavy atom. The lowest BCUT2D eigenvalue weighted by Gasteiger charge is -2.26. The number of rotatable bonds is 7. The van der Waals surface area contributed by atoms with E-state index in [1.807, 2.05) is 13.0 Å². The van der Waals surface area contributed by atoms with E-state index in [1.54, 1.807) is 14.2 Å². The largest absolute Gasteiger partial charge is 0.498 e. The highest BCUT2D eigenvalue weighted by Crippen LogP contribution is 2.36. The third-order valence-electron chi connectivity index (χ3n) is 6.57. The van der Waals surface area contributed by atoms with Gasteiger partial charge in [0.1, 0.15) is 5.75 Å². The van der Waals surface area contributed by atoms with Crippen molar-refractivity contribution in [2.24, 2.45) is 0 Å². The molecule has 1 aliphatic carbocycles. The fourth-order valence-electron chi connectivity index (χ4n) is 4.69. The molecular formula is C27H35N3O3. The number of anilines is 1. The first-order valence-electron chi connectivity index (χ1n) is 11.8. The average Bonchev–Trinajstić information content (AvgIpc) is 3.06. The highest BCUT2D eigenvalue weighted by molar-refractivity contribution is 5.76. The molecule has 2 aliphatic rings. The van der Waals surface area contributed by atoms with Crippen molar-refractivity contribution < 1.29 is 14.2 Å². The molecular weight excluding hydrogens is 414 g/mol. The number of hydrogen-bond acceptors (Lipinski definition) is 6. The Balaban J connectivity index is 1.58. The Morgan fingerprint density at radius 1 is 0.939 bits per heavy atom. The number of likely N-dealkylation sites (N-methyl/N-ethyl adjacent to an activating group) is 1. The highest BCUT2D eigenvalue weighted by Gasteiger charge is 2.25. The standard InChI is InChI=1S/C27H35N3O3/c1-5-33-23-12-8-21(9-13-23)27-25(14-15-26(28-27)32-4)30-17-16-24(29(2)18-19-30)20-6-10-22(31-3)11-7-20/h6-8,10-12,14-15,24H,5,9,13,16-19H2,1-4H3. The molecule has 0 N–H and O–H groups in total. The molecule has 6 heteroatoms. The van der Waals surface area contributed by atoms with E-state index in [1.165, 1.54) is 16.8 Å². The Bertz CT molecular complexity index is 1000. The van der Waals surface area contributed by atoms with Crippen LogP contribution in [0.3, 0.4) is 0 Å². The van der Waals surface area contributed by atoms with Crippen LogP contribution in [0, 0.1) is 0 Å². The number of ether oxygens (including phenoxy) is 3. The van der Waals surface area contributed by atoms with Crippen LogP contribution in [0.15, 0.2) is 54.3 Å². The van der Waals surface area contributed by atoms with E-state index < -0.39 is 0 Å². The molecule has 1 aromatic heterocycles. The zero-order chi connectivity index (χ0) is 23.2. The summed E-state index contributed by atoms with van der Waals surface area (Å²) in [5.41, 5.74) is 4.76. The molecule has 1 atom stereocenters. The molecule has 33 heavy (non-hydrogen) atoms. The lowest BCUT2D eigenvalue weighted by Crippen LogP contribution is -2.30. The molecule has 0 amide bonds. The summed E-state index contributed by atoms with van der Waals surface area (Å²) < 4.78 is 16.5. The summed E-state index contributed by atoms with van der Waals surface area (Å²) >= 11 is 0. The number of allylic oxidation sites excluding steroid dienone is 4. The maximum absolute atomic E-state index is 5.70. The van der Waals surface area contributed by atoms with Gasteiger partial charge in [-0.05, 0) is 62.2 Å². The second-order valence-electron chi connectivity index (χ2n) is 8.52. The maximum Gasteiger partial charge on any atom is 0.213 e. The van der Waals surface area contributed by atoms with Crippen molar-refractivity contribution in [3.8, 4) is 11.6 Å². The van der Waals surface area contributed by atoms with Crippen LogP contribution < -0.4 is 14.4 Å². The Labute approximate surface area is 197 Å². The van der Waals surface area contributed by atoms with E-state index in [9.17, 15) is 0 Å².